The van der Waals surface area contributed by atoms with Crippen molar-refractivity contribution >= 4 is 11.5 Å². The molecule has 7 nitrogen and oxygen atoms in total. The molecule has 5 rings (SSSR count). The maximum Gasteiger partial charge on any atom is 0.165 e. The van der Waals surface area contributed by atoms with Crippen molar-refractivity contribution in [1.82, 2.24) is 24.9 Å². The Hall–Kier alpha value is -2.51. The zero-order valence-corrected chi connectivity index (χ0v) is 17.2. The Morgan fingerprint density at radius 1 is 1.17 bits per heavy atom. The van der Waals surface area contributed by atoms with Crippen LogP contribution < -0.4 is 11.1 Å². The van der Waals surface area contributed by atoms with Gasteiger partial charge < -0.3 is 16.2 Å². The molecule has 2 bridgehead atoms. The van der Waals surface area contributed by atoms with Crippen molar-refractivity contribution in [1.29, 1.82) is 0 Å². The molecule has 3 aromatic heterocycles. The van der Waals surface area contributed by atoms with Gasteiger partial charge >= 0.3 is 0 Å². The van der Waals surface area contributed by atoms with Crippen LogP contribution >= 0.6 is 0 Å². The van der Waals surface area contributed by atoms with Gasteiger partial charge in [-0.2, -0.15) is 9.61 Å². The highest BCUT2D eigenvalue weighted by atomic mass is 16.3. The first-order valence-corrected chi connectivity index (χ1v) is 10.4. The summed E-state index contributed by atoms with van der Waals surface area (Å²) in [4.78, 5) is 9.52. The van der Waals surface area contributed by atoms with E-state index < -0.39 is 5.60 Å². The maximum absolute atomic E-state index is 10.2. The summed E-state index contributed by atoms with van der Waals surface area (Å²) in [6.45, 7) is 5.52. The molecule has 2 saturated heterocycles. The highest BCUT2D eigenvalue weighted by Gasteiger charge is 2.36. The Labute approximate surface area is 170 Å². The first-order chi connectivity index (χ1) is 13.8. The van der Waals surface area contributed by atoms with E-state index in [2.05, 4.69) is 22.3 Å². The quantitative estimate of drug-likeness (QED) is 0.634. The number of piperidine rings is 1. The standard InChI is InChI=1S/C22H28N6O/c1-12-19(14-8-15-5-6-16(9-14)26-15)27-21-17(11-25-28(21)20(12)23)13-4-7-18(24-10-13)22(2,3)29/h4,7,10-11,14-16,26,29H,5-6,8-9,23H2,1-3H3. The fraction of sp³-hybridized carbons (Fsp3) is 0.500. The molecule has 4 N–H and O–H groups in total. The topological polar surface area (TPSA) is 101 Å². The lowest BCUT2D eigenvalue weighted by Gasteiger charge is -2.30. The number of rotatable bonds is 3. The third-order valence-electron chi connectivity index (χ3n) is 6.53. The van der Waals surface area contributed by atoms with Crippen LogP contribution in [-0.4, -0.2) is 36.8 Å². The van der Waals surface area contributed by atoms with E-state index >= 15 is 0 Å². The zero-order valence-electron chi connectivity index (χ0n) is 17.2. The summed E-state index contributed by atoms with van der Waals surface area (Å²) in [6.07, 6.45) is 8.32. The van der Waals surface area contributed by atoms with Crippen LogP contribution in [0.2, 0.25) is 0 Å². The third-order valence-corrected chi connectivity index (χ3v) is 6.53. The number of nitrogens with one attached hydrogen (secondary N) is 1. The molecule has 5 heterocycles. The van der Waals surface area contributed by atoms with Gasteiger partial charge in [-0.15, -0.1) is 0 Å². The number of fused-ring (bicyclic) bond motifs is 3. The molecule has 0 amide bonds. The fourth-order valence-electron chi connectivity index (χ4n) is 4.91. The molecule has 3 aromatic rings. The van der Waals surface area contributed by atoms with E-state index in [0.717, 1.165) is 40.9 Å². The second-order valence-corrected chi connectivity index (χ2v) is 9.10. The minimum absolute atomic E-state index is 0.430. The SMILES string of the molecule is Cc1c(C2CC3CCC(C2)N3)nc2c(-c3ccc(C(C)(C)O)nc3)cnn2c1N. The molecule has 2 unspecified atom stereocenters. The minimum atomic E-state index is -0.971. The lowest BCUT2D eigenvalue weighted by atomic mass is 9.87. The van der Waals surface area contributed by atoms with Crippen LogP contribution in [0.25, 0.3) is 16.8 Å². The van der Waals surface area contributed by atoms with Gasteiger partial charge in [0.05, 0.1) is 17.6 Å². The summed E-state index contributed by atoms with van der Waals surface area (Å²) in [6, 6.07) is 5.00. The smallest absolute Gasteiger partial charge is 0.165 e. The van der Waals surface area contributed by atoms with Crippen LogP contribution in [0, 0.1) is 6.92 Å². The molecule has 152 valence electrons. The third kappa shape index (κ3) is 3.09. The Morgan fingerprint density at radius 2 is 1.90 bits per heavy atom. The van der Waals surface area contributed by atoms with Gasteiger partial charge in [0.2, 0.25) is 0 Å². The summed E-state index contributed by atoms with van der Waals surface area (Å²) in [5, 5.41) is 18.4. The number of aromatic nitrogens is 4. The second-order valence-electron chi connectivity index (χ2n) is 9.10. The molecular weight excluding hydrogens is 364 g/mol. The minimum Gasteiger partial charge on any atom is -0.384 e. The van der Waals surface area contributed by atoms with E-state index in [1.165, 1.54) is 12.8 Å². The normalized spacial score (nSPS) is 24.3. The summed E-state index contributed by atoms with van der Waals surface area (Å²) >= 11 is 0. The van der Waals surface area contributed by atoms with Gasteiger partial charge in [-0.3, -0.25) is 4.98 Å². The predicted molar refractivity (Wildman–Crippen MR) is 113 cm³/mol. The lowest BCUT2D eigenvalue weighted by Crippen LogP contribution is -2.37. The molecule has 29 heavy (non-hydrogen) atoms. The lowest BCUT2D eigenvalue weighted by molar-refractivity contribution is 0.0739. The molecule has 2 aliphatic heterocycles. The summed E-state index contributed by atoms with van der Waals surface area (Å²) < 4.78 is 1.73. The summed E-state index contributed by atoms with van der Waals surface area (Å²) in [5.74, 6) is 1.09. The number of aliphatic hydroxyl groups is 1. The maximum atomic E-state index is 10.2. The van der Waals surface area contributed by atoms with Gasteiger partial charge in [-0.05, 0) is 52.5 Å². The zero-order chi connectivity index (χ0) is 20.3. The van der Waals surface area contributed by atoms with Gasteiger partial charge in [-0.25, -0.2) is 4.98 Å². The predicted octanol–water partition coefficient (Wildman–Crippen LogP) is 2.91. The number of pyridine rings is 1. The molecule has 0 saturated carbocycles. The van der Waals surface area contributed by atoms with E-state index in [0.29, 0.717) is 29.5 Å². The van der Waals surface area contributed by atoms with Crippen LogP contribution in [0.1, 0.15) is 62.4 Å². The monoisotopic (exact) mass is 392 g/mol. The van der Waals surface area contributed by atoms with Crippen LogP contribution in [0.4, 0.5) is 5.82 Å². The number of hydrogen-bond donors (Lipinski definition) is 3. The molecule has 0 radical (unpaired) electrons. The number of nitrogen functional groups attached to an aromatic ring is 1. The average molecular weight is 393 g/mol. The van der Waals surface area contributed by atoms with Gasteiger partial charge in [0.1, 0.15) is 11.4 Å². The first kappa shape index (κ1) is 18.5. The van der Waals surface area contributed by atoms with Crippen molar-refractivity contribution in [3.63, 3.8) is 0 Å². The van der Waals surface area contributed by atoms with E-state index in [9.17, 15) is 5.11 Å². The molecule has 0 aromatic carbocycles. The second kappa shape index (κ2) is 6.50. The Kier molecular flexibility index (Phi) is 4.15. The summed E-state index contributed by atoms with van der Waals surface area (Å²) in [5.41, 5.74) is 10.9. The number of hydrogen-bond acceptors (Lipinski definition) is 6. The van der Waals surface area contributed by atoms with Crippen molar-refractivity contribution < 1.29 is 5.11 Å². The van der Waals surface area contributed by atoms with E-state index in [-0.39, 0.29) is 0 Å². The van der Waals surface area contributed by atoms with E-state index in [1.807, 2.05) is 12.1 Å². The van der Waals surface area contributed by atoms with Gasteiger partial charge in [0.15, 0.2) is 5.65 Å². The van der Waals surface area contributed by atoms with Gasteiger partial charge in [0, 0.05) is 40.9 Å². The highest BCUT2D eigenvalue weighted by Crippen LogP contribution is 2.39. The van der Waals surface area contributed by atoms with Crippen LogP contribution in [0.3, 0.4) is 0 Å². The number of nitrogens with zero attached hydrogens (tertiary/aromatic N) is 4. The Morgan fingerprint density at radius 3 is 2.52 bits per heavy atom. The average Bonchev–Trinajstić information content (AvgIpc) is 3.26. The molecule has 0 aliphatic carbocycles. The highest BCUT2D eigenvalue weighted by molar-refractivity contribution is 5.78. The molecule has 2 aliphatic rings. The number of anilines is 1. The van der Waals surface area contributed by atoms with Crippen molar-refractivity contribution in [2.24, 2.45) is 0 Å². The Bertz CT molecular complexity index is 1050. The van der Waals surface area contributed by atoms with Crippen molar-refractivity contribution in [2.45, 2.75) is 70.1 Å². The fourth-order valence-corrected chi connectivity index (χ4v) is 4.91. The molecule has 7 heteroatoms. The molecule has 2 atom stereocenters. The van der Waals surface area contributed by atoms with E-state index in [1.54, 1.807) is 30.8 Å². The van der Waals surface area contributed by atoms with Crippen molar-refractivity contribution in [3.8, 4) is 11.1 Å². The van der Waals surface area contributed by atoms with Crippen LogP contribution in [-0.2, 0) is 5.60 Å². The van der Waals surface area contributed by atoms with Gasteiger partial charge in [-0.1, -0.05) is 6.07 Å². The van der Waals surface area contributed by atoms with Crippen LogP contribution in [0.5, 0.6) is 0 Å². The largest absolute Gasteiger partial charge is 0.384 e. The van der Waals surface area contributed by atoms with Crippen LogP contribution in [0.15, 0.2) is 24.5 Å². The summed E-state index contributed by atoms with van der Waals surface area (Å²) in [7, 11) is 0. The Balaban J connectivity index is 1.58. The van der Waals surface area contributed by atoms with Crippen molar-refractivity contribution in [2.75, 3.05) is 5.73 Å². The van der Waals surface area contributed by atoms with E-state index in [4.69, 9.17) is 10.7 Å². The van der Waals surface area contributed by atoms with Crippen molar-refractivity contribution in [3.05, 3.63) is 41.5 Å². The molecular formula is C22H28N6O. The number of nitrogens with two attached hydrogens (primary N) is 1. The molecule has 0 spiro atoms. The first-order valence-electron chi connectivity index (χ1n) is 10.4. The van der Waals surface area contributed by atoms with Gasteiger partial charge in [0.25, 0.3) is 0 Å². The molecule has 2 fully saturated rings.